The summed E-state index contributed by atoms with van der Waals surface area (Å²) in [6, 6.07) is 5.11. The molecule has 0 atom stereocenters. The normalized spacial score (nSPS) is 10.5. The van der Waals surface area contributed by atoms with Crippen molar-refractivity contribution in [2.45, 2.75) is 13.5 Å². The SMILES string of the molecule is COc1cc(-c2cc(C(=O)NCCn3cncc(C)c3=O)[nH]n2)cc(OC)c1OC. The maximum Gasteiger partial charge on any atom is 0.269 e. The molecule has 0 radical (unpaired) electrons. The van der Waals surface area contributed by atoms with Gasteiger partial charge in [0.15, 0.2) is 11.5 Å². The second kappa shape index (κ2) is 9.12. The van der Waals surface area contributed by atoms with Crippen LogP contribution in [-0.4, -0.2) is 53.5 Å². The van der Waals surface area contributed by atoms with E-state index in [1.165, 1.54) is 38.4 Å². The lowest BCUT2D eigenvalue weighted by molar-refractivity contribution is 0.0947. The zero-order chi connectivity index (χ0) is 21.7. The molecule has 2 aromatic heterocycles. The first kappa shape index (κ1) is 20.9. The predicted octanol–water partition coefficient (Wildman–Crippen LogP) is 1.40. The maximum absolute atomic E-state index is 12.4. The van der Waals surface area contributed by atoms with Crippen molar-refractivity contribution in [2.75, 3.05) is 27.9 Å². The third-order valence-corrected chi connectivity index (χ3v) is 4.49. The number of aromatic amines is 1. The number of hydrogen-bond acceptors (Lipinski definition) is 7. The number of aromatic nitrogens is 4. The molecule has 0 aliphatic carbocycles. The number of rotatable bonds is 8. The summed E-state index contributed by atoms with van der Waals surface area (Å²) in [6.07, 6.45) is 2.95. The highest BCUT2D eigenvalue weighted by molar-refractivity contribution is 5.93. The number of methoxy groups -OCH3 is 3. The van der Waals surface area contributed by atoms with Gasteiger partial charge in [0.05, 0.1) is 33.4 Å². The molecule has 0 bridgehead atoms. The molecule has 10 nitrogen and oxygen atoms in total. The fourth-order valence-corrected chi connectivity index (χ4v) is 2.92. The second-order valence-corrected chi connectivity index (χ2v) is 6.41. The molecule has 0 saturated carbocycles. The van der Waals surface area contributed by atoms with Gasteiger partial charge in [0.1, 0.15) is 5.69 Å². The van der Waals surface area contributed by atoms with Gasteiger partial charge in [-0.2, -0.15) is 5.10 Å². The van der Waals surface area contributed by atoms with Crippen molar-refractivity contribution in [3.63, 3.8) is 0 Å². The Morgan fingerprint density at radius 1 is 1.13 bits per heavy atom. The number of hydrogen-bond donors (Lipinski definition) is 2. The van der Waals surface area contributed by atoms with E-state index in [1.807, 2.05) is 0 Å². The molecule has 1 amide bonds. The van der Waals surface area contributed by atoms with E-state index in [-0.39, 0.29) is 23.7 Å². The molecule has 1 aromatic carbocycles. The Bertz CT molecular complexity index is 1080. The molecule has 2 N–H and O–H groups in total. The van der Waals surface area contributed by atoms with Crippen LogP contribution in [0.4, 0.5) is 0 Å². The molecule has 3 rings (SSSR count). The standard InChI is InChI=1S/C20H23N5O5/c1-12-10-21-11-25(20(12)27)6-5-22-19(26)15-9-14(23-24-15)13-7-16(28-2)18(30-4)17(8-13)29-3/h7-11H,5-6H2,1-4H3,(H,22,26)(H,23,24). The zero-order valence-corrected chi connectivity index (χ0v) is 17.2. The summed E-state index contributed by atoms with van der Waals surface area (Å²) in [4.78, 5) is 28.4. The average Bonchev–Trinajstić information content (AvgIpc) is 3.26. The smallest absolute Gasteiger partial charge is 0.269 e. The molecule has 0 spiro atoms. The number of amides is 1. The first-order valence-corrected chi connectivity index (χ1v) is 9.13. The first-order chi connectivity index (χ1) is 14.5. The molecule has 2 heterocycles. The van der Waals surface area contributed by atoms with Crippen LogP contribution in [0.2, 0.25) is 0 Å². The largest absolute Gasteiger partial charge is 0.493 e. The van der Waals surface area contributed by atoms with E-state index in [4.69, 9.17) is 14.2 Å². The van der Waals surface area contributed by atoms with Gasteiger partial charge < -0.3 is 19.5 Å². The molecule has 0 unspecified atom stereocenters. The number of H-pyrrole nitrogens is 1. The molecular formula is C20H23N5O5. The summed E-state index contributed by atoms with van der Waals surface area (Å²) in [5, 5.41) is 9.68. The van der Waals surface area contributed by atoms with Gasteiger partial charge >= 0.3 is 0 Å². The van der Waals surface area contributed by atoms with Crippen molar-refractivity contribution in [2.24, 2.45) is 0 Å². The molecule has 3 aromatic rings. The van der Waals surface area contributed by atoms with E-state index >= 15 is 0 Å². The summed E-state index contributed by atoms with van der Waals surface area (Å²) >= 11 is 0. The summed E-state index contributed by atoms with van der Waals surface area (Å²) in [5.41, 5.74) is 1.93. The van der Waals surface area contributed by atoms with E-state index in [2.05, 4.69) is 20.5 Å². The molecule has 0 aliphatic rings. The number of nitrogens with zero attached hydrogens (tertiary/aromatic N) is 3. The fraction of sp³-hybridized carbons (Fsp3) is 0.300. The van der Waals surface area contributed by atoms with Gasteiger partial charge in [-0.05, 0) is 25.1 Å². The molecule has 0 aliphatic heterocycles. The minimum Gasteiger partial charge on any atom is -0.493 e. The van der Waals surface area contributed by atoms with Crippen LogP contribution in [0.3, 0.4) is 0 Å². The lowest BCUT2D eigenvalue weighted by atomic mass is 10.1. The van der Waals surface area contributed by atoms with Crippen LogP contribution < -0.4 is 25.1 Å². The minimum atomic E-state index is -0.338. The van der Waals surface area contributed by atoms with Crippen LogP contribution in [0.1, 0.15) is 16.1 Å². The van der Waals surface area contributed by atoms with Crippen LogP contribution in [0.5, 0.6) is 17.2 Å². The molecule has 10 heteroatoms. The van der Waals surface area contributed by atoms with Crippen LogP contribution in [0.15, 0.2) is 35.5 Å². The number of carbonyl (C=O) groups is 1. The van der Waals surface area contributed by atoms with Gasteiger partial charge in [-0.1, -0.05) is 0 Å². The number of aryl methyl sites for hydroxylation is 1. The Kier molecular flexibility index (Phi) is 6.35. The predicted molar refractivity (Wildman–Crippen MR) is 109 cm³/mol. The highest BCUT2D eigenvalue weighted by Gasteiger charge is 2.17. The Hall–Kier alpha value is -3.82. The number of ether oxygens (including phenoxy) is 3. The highest BCUT2D eigenvalue weighted by atomic mass is 16.5. The van der Waals surface area contributed by atoms with Crippen LogP contribution in [0, 0.1) is 6.92 Å². The van der Waals surface area contributed by atoms with Crippen molar-refractivity contribution in [1.29, 1.82) is 0 Å². The summed E-state index contributed by atoms with van der Waals surface area (Å²) < 4.78 is 17.5. The van der Waals surface area contributed by atoms with Gasteiger partial charge in [0.25, 0.3) is 11.5 Å². The second-order valence-electron chi connectivity index (χ2n) is 6.41. The Labute approximate surface area is 172 Å². The van der Waals surface area contributed by atoms with Crippen molar-refractivity contribution in [1.82, 2.24) is 25.1 Å². The summed E-state index contributed by atoms with van der Waals surface area (Å²) in [5.74, 6) is 1.10. The third-order valence-electron chi connectivity index (χ3n) is 4.49. The lowest BCUT2D eigenvalue weighted by Crippen LogP contribution is -2.31. The van der Waals surface area contributed by atoms with Gasteiger partial charge in [-0.15, -0.1) is 0 Å². The first-order valence-electron chi connectivity index (χ1n) is 9.13. The Balaban J connectivity index is 1.72. The monoisotopic (exact) mass is 413 g/mol. The average molecular weight is 413 g/mol. The number of benzene rings is 1. The van der Waals surface area contributed by atoms with Gasteiger partial charge in [-0.3, -0.25) is 19.3 Å². The van der Waals surface area contributed by atoms with E-state index in [9.17, 15) is 9.59 Å². The van der Waals surface area contributed by atoms with E-state index in [1.54, 1.807) is 25.1 Å². The van der Waals surface area contributed by atoms with E-state index < -0.39 is 0 Å². The molecular weight excluding hydrogens is 390 g/mol. The fourth-order valence-electron chi connectivity index (χ4n) is 2.92. The number of carbonyl (C=O) groups excluding carboxylic acids is 1. The zero-order valence-electron chi connectivity index (χ0n) is 17.2. The minimum absolute atomic E-state index is 0.134. The van der Waals surface area contributed by atoms with E-state index in [0.29, 0.717) is 40.6 Å². The van der Waals surface area contributed by atoms with Crippen molar-refractivity contribution >= 4 is 5.91 Å². The third kappa shape index (κ3) is 4.27. The maximum atomic E-state index is 12.4. The van der Waals surface area contributed by atoms with Gasteiger partial charge in [-0.25, -0.2) is 4.98 Å². The van der Waals surface area contributed by atoms with Crippen molar-refractivity contribution in [3.8, 4) is 28.5 Å². The summed E-state index contributed by atoms with van der Waals surface area (Å²) in [7, 11) is 4.58. The molecule has 0 saturated heterocycles. The van der Waals surface area contributed by atoms with Crippen molar-refractivity contribution in [3.05, 3.63) is 52.3 Å². The van der Waals surface area contributed by atoms with Crippen LogP contribution in [0.25, 0.3) is 11.3 Å². The van der Waals surface area contributed by atoms with Gasteiger partial charge in [0, 0.05) is 30.4 Å². The highest BCUT2D eigenvalue weighted by Crippen LogP contribution is 2.40. The Morgan fingerprint density at radius 3 is 2.47 bits per heavy atom. The quantitative estimate of drug-likeness (QED) is 0.573. The van der Waals surface area contributed by atoms with Gasteiger partial charge in [0.2, 0.25) is 5.75 Å². The summed E-state index contributed by atoms with van der Waals surface area (Å²) in [6.45, 7) is 2.27. The lowest BCUT2D eigenvalue weighted by Gasteiger charge is -2.13. The van der Waals surface area contributed by atoms with E-state index in [0.717, 1.165) is 0 Å². The molecule has 30 heavy (non-hydrogen) atoms. The molecule has 158 valence electrons. The Morgan fingerprint density at radius 2 is 1.83 bits per heavy atom. The topological polar surface area (TPSA) is 120 Å². The van der Waals surface area contributed by atoms with Crippen molar-refractivity contribution < 1.29 is 19.0 Å². The molecule has 0 fully saturated rings. The number of nitrogens with one attached hydrogen (secondary N) is 2. The van der Waals surface area contributed by atoms with Crippen LogP contribution >= 0.6 is 0 Å². The van der Waals surface area contributed by atoms with Crippen LogP contribution in [-0.2, 0) is 6.54 Å².